The molecule has 1 spiro atoms. The molecule has 0 bridgehead atoms. The first kappa shape index (κ1) is 17.0. The Hall–Kier alpha value is -1.88. The lowest BCUT2D eigenvalue weighted by Gasteiger charge is -2.23. The maximum atomic E-state index is 12.6. The van der Waals surface area contributed by atoms with Gasteiger partial charge in [0, 0.05) is 6.42 Å². The molecule has 0 radical (unpaired) electrons. The van der Waals surface area contributed by atoms with Gasteiger partial charge in [-0.15, -0.1) is 0 Å². The van der Waals surface area contributed by atoms with Crippen LogP contribution in [-0.4, -0.2) is 41.1 Å². The molecule has 5 nitrogen and oxygen atoms in total. The van der Waals surface area contributed by atoms with Gasteiger partial charge in [0.1, 0.15) is 18.5 Å². The van der Waals surface area contributed by atoms with Crippen LogP contribution in [0.5, 0.6) is 5.75 Å². The summed E-state index contributed by atoms with van der Waals surface area (Å²) in [6, 6.07) is 7.71. The number of carbonyl (C=O) groups is 2. The summed E-state index contributed by atoms with van der Waals surface area (Å²) in [7, 11) is 0. The number of β-amino-alcohol motifs (C(OH)–C–C–N with tert-alkyl or cyclic N) is 1. The molecule has 1 saturated heterocycles. The number of likely N-dealkylation sites (tertiary alicyclic amines) is 1. The molecule has 1 aromatic rings. The lowest BCUT2D eigenvalue weighted by atomic mass is 9.84. The summed E-state index contributed by atoms with van der Waals surface area (Å²) in [4.78, 5) is 26.0. The van der Waals surface area contributed by atoms with Crippen LogP contribution in [0.4, 0.5) is 0 Å². The largest absolute Gasteiger partial charge is 0.491 e. The van der Waals surface area contributed by atoms with Gasteiger partial charge in [0.2, 0.25) is 11.8 Å². The normalized spacial score (nSPS) is 20.8. The molecule has 2 fully saturated rings. The van der Waals surface area contributed by atoms with Gasteiger partial charge in [-0.3, -0.25) is 14.5 Å². The zero-order valence-electron chi connectivity index (χ0n) is 14.2. The molecule has 3 rings (SSSR count). The van der Waals surface area contributed by atoms with E-state index in [4.69, 9.17) is 4.74 Å². The third-order valence-electron chi connectivity index (χ3n) is 5.19. The Labute approximate surface area is 142 Å². The van der Waals surface area contributed by atoms with E-state index in [0.29, 0.717) is 12.2 Å². The third kappa shape index (κ3) is 3.31. The summed E-state index contributed by atoms with van der Waals surface area (Å²) in [5, 5.41) is 10.2. The molecule has 24 heavy (non-hydrogen) atoms. The van der Waals surface area contributed by atoms with Crippen molar-refractivity contribution in [1.29, 1.82) is 0 Å². The monoisotopic (exact) mass is 331 g/mol. The van der Waals surface area contributed by atoms with E-state index in [1.54, 1.807) is 0 Å². The van der Waals surface area contributed by atoms with Crippen molar-refractivity contribution < 1.29 is 19.4 Å². The smallest absolute Gasteiger partial charge is 0.235 e. The van der Waals surface area contributed by atoms with Gasteiger partial charge in [0.15, 0.2) is 0 Å². The fourth-order valence-electron chi connectivity index (χ4n) is 3.80. The van der Waals surface area contributed by atoms with Gasteiger partial charge in [-0.25, -0.2) is 0 Å². The zero-order chi connectivity index (χ0) is 17.2. The molecule has 5 heteroatoms. The minimum absolute atomic E-state index is 0.0207. The van der Waals surface area contributed by atoms with E-state index >= 15 is 0 Å². The van der Waals surface area contributed by atoms with Crippen molar-refractivity contribution in [1.82, 2.24) is 4.90 Å². The Balaban J connectivity index is 1.55. The van der Waals surface area contributed by atoms with Crippen molar-refractivity contribution in [2.45, 2.75) is 51.6 Å². The van der Waals surface area contributed by atoms with Crippen LogP contribution in [0.15, 0.2) is 24.3 Å². The Bertz CT molecular complexity index is 622. The van der Waals surface area contributed by atoms with E-state index in [1.807, 2.05) is 24.3 Å². The summed E-state index contributed by atoms with van der Waals surface area (Å²) in [6.45, 7) is 2.15. The van der Waals surface area contributed by atoms with E-state index in [9.17, 15) is 14.7 Å². The minimum Gasteiger partial charge on any atom is -0.491 e. The number of nitrogens with zero attached hydrogens (tertiary/aromatic N) is 1. The van der Waals surface area contributed by atoms with Crippen molar-refractivity contribution in [3.05, 3.63) is 29.8 Å². The number of imide groups is 1. The van der Waals surface area contributed by atoms with Crippen LogP contribution in [0.25, 0.3) is 0 Å². The Morgan fingerprint density at radius 2 is 2.04 bits per heavy atom. The number of aliphatic hydroxyl groups is 1. The van der Waals surface area contributed by atoms with Crippen LogP contribution in [0.3, 0.4) is 0 Å². The van der Waals surface area contributed by atoms with Crippen LogP contribution in [0.1, 0.15) is 44.6 Å². The summed E-state index contributed by atoms with van der Waals surface area (Å²) >= 11 is 0. The van der Waals surface area contributed by atoms with Crippen molar-refractivity contribution >= 4 is 11.8 Å². The number of amides is 2. The molecule has 2 amide bonds. The lowest BCUT2D eigenvalue weighted by molar-refractivity contribution is -0.143. The Kier molecular flexibility index (Phi) is 4.90. The molecule has 1 aliphatic heterocycles. The van der Waals surface area contributed by atoms with Gasteiger partial charge in [-0.05, 0) is 37.0 Å². The number of ether oxygens (including phenoxy) is 1. The SMILES string of the molecule is CCc1cccc(OCC(O)CN2C(=O)CC3(CCCC3)C2=O)c1. The first-order valence-corrected chi connectivity index (χ1v) is 8.79. The first-order valence-electron chi connectivity index (χ1n) is 8.79. The molecule has 1 aromatic carbocycles. The molecule has 1 unspecified atom stereocenters. The molecular weight excluding hydrogens is 306 g/mol. The molecule has 1 atom stereocenters. The quantitative estimate of drug-likeness (QED) is 0.812. The predicted octanol–water partition coefficient (Wildman–Crippen LogP) is 2.31. The van der Waals surface area contributed by atoms with Crippen LogP contribution in [-0.2, 0) is 16.0 Å². The second kappa shape index (κ2) is 6.93. The molecule has 1 saturated carbocycles. The Morgan fingerprint density at radius 1 is 1.29 bits per heavy atom. The fraction of sp³-hybridized carbons (Fsp3) is 0.579. The summed E-state index contributed by atoms with van der Waals surface area (Å²) < 4.78 is 5.61. The van der Waals surface area contributed by atoms with Crippen LogP contribution in [0.2, 0.25) is 0 Å². The van der Waals surface area contributed by atoms with Crippen LogP contribution < -0.4 is 4.74 Å². The van der Waals surface area contributed by atoms with Gasteiger partial charge >= 0.3 is 0 Å². The van der Waals surface area contributed by atoms with Crippen LogP contribution in [0, 0.1) is 5.41 Å². The first-order chi connectivity index (χ1) is 11.5. The number of aliphatic hydroxyl groups excluding tert-OH is 1. The highest BCUT2D eigenvalue weighted by Gasteiger charge is 2.52. The molecule has 130 valence electrons. The highest BCUT2D eigenvalue weighted by molar-refractivity contribution is 6.06. The second-order valence-electron chi connectivity index (χ2n) is 6.94. The maximum Gasteiger partial charge on any atom is 0.235 e. The molecular formula is C19H25NO4. The van der Waals surface area contributed by atoms with Gasteiger partial charge in [-0.2, -0.15) is 0 Å². The third-order valence-corrected chi connectivity index (χ3v) is 5.19. The number of hydrogen-bond acceptors (Lipinski definition) is 4. The predicted molar refractivity (Wildman–Crippen MR) is 89.6 cm³/mol. The highest BCUT2D eigenvalue weighted by atomic mass is 16.5. The van der Waals surface area contributed by atoms with E-state index in [2.05, 4.69) is 6.92 Å². The standard InChI is InChI=1S/C19H25NO4/c1-2-14-6-5-7-16(10-14)24-13-15(21)12-20-17(22)11-19(18(20)23)8-3-4-9-19/h5-7,10,15,21H,2-4,8-9,11-13H2,1H3. The molecule has 1 aliphatic carbocycles. The van der Waals surface area contributed by atoms with Crippen molar-refractivity contribution in [3.8, 4) is 5.75 Å². The molecule has 1 N–H and O–H groups in total. The number of benzene rings is 1. The van der Waals surface area contributed by atoms with Gasteiger partial charge in [-0.1, -0.05) is 31.9 Å². The maximum absolute atomic E-state index is 12.6. The van der Waals surface area contributed by atoms with Gasteiger partial charge in [0.05, 0.1) is 12.0 Å². The summed E-state index contributed by atoms with van der Waals surface area (Å²) in [5.41, 5.74) is 0.683. The van der Waals surface area contributed by atoms with Crippen molar-refractivity contribution in [2.75, 3.05) is 13.2 Å². The zero-order valence-corrected chi connectivity index (χ0v) is 14.2. The average Bonchev–Trinajstić information content (AvgIpc) is 3.14. The van der Waals surface area contributed by atoms with E-state index in [0.717, 1.165) is 37.7 Å². The van der Waals surface area contributed by atoms with E-state index < -0.39 is 11.5 Å². The number of carbonyl (C=O) groups excluding carboxylic acids is 2. The highest BCUT2D eigenvalue weighted by Crippen LogP contribution is 2.46. The fourth-order valence-corrected chi connectivity index (χ4v) is 3.80. The Morgan fingerprint density at radius 3 is 2.75 bits per heavy atom. The second-order valence-corrected chi connectivity index (χ2v) is 6.94. The lowest BCUT2D eigenvalue weighted by Crippen LogP contribution is -2.41. The van der Waals surface area contributed by atoms with Crippen LogP contribution >= 0.6 is 0 Å². The van der Waals surface area contributed by atoms with E-state index in [-0.39, 0.29) is 25.0 Å². The minimum atomic E-state index is -0.875. The van der Waals surface area contributed by atoms with Crippen molar-refractivity contribution in [2.24, 2.45) is 5.41 Å². The summed E-state index contributed by atoms with van der Waals surface area (Å²) in [6.07, 6.45) is 3.95. The molecule has 0 aromatic heterocycles. The molecule has 1 heterocycles. The average molecular weight is 331 g/mol. The topological polar surface area (TPSA) is 66.8 Å². The number of hydrogen-bond donors (Lipinski definition) is 1. The van der Waals surface area contributed by atoms with Gasteiger partial charge < -0.3 is 9.84 Å². The number of rotatable bonds is 6. The van der Waals surface area contributed by atoms with E-state index in [1.165, 1.54) is 4.90 Å². The van der Waals surface area contributed by atoms with Crippen molar-refractivity contribution in [3.63, 3.8) is 0 Å². The van der Waals surface area contributed by atoms with Gasteiger partial charge in [0.25, 0.3) is 0 Å². The summed E-state index contributed by atoms with van der Waals surface area (Å²) in [5.74, 6) is 0.436. The number of aryl methyl sites for hydroxylation is 1. The molecule has 2 aliphatic rings.